The number of H-pyrrole nitrogens is 1. The molecule has 0 amide bonds. The highest BCUT2D eigenvalue weighted by Gasteiger charge is 2.28. The van der Waals surface area contributed by atoms with Gasteiger partial charge in [0.2, 0.25) is 0 Å². The van der Waals surface area contributed by atoms with Gasteiger partial charge in [0.05, 0.1) is 6.04 Å². The molecule has 3 aromatic rings. The van der Waals surface area contributed by atoms with Crippen LogP contribution in [-0.2, 0) is 6.42 Å². The average molecular weight is 348 g/mol. The van der Waals surface area contributed by atoms with Gasteiger partial charge in [0.15, 0.2) is 0 Å². The quantitative estimate of drug-likeness (QED) is 0.757. The first-order chi connectivity index (χ1) is 12.7. The zero-order valence-electron chi connectivity index (χ0n) is 16.1. The highest BCUT2D eigenvalue weighted by molar-refractivity contribution is 5.85. The van der Waals surface area contributed by atoms with E-state index in [-0.39, 0.29) is 0 Å². The molecule has 1 saturated heterocycles. The van der Waals surface area contributed by atoms with Gasteiger partial charge in [-0.2, -0.15) is 0 Å². The molecule has 0 bridgehead atoms. The number of fused-ring (bicyclic) bond motifs is 1. The van der Waals surface area contributed by atoms with Gasteiger partial charge in [-0.05, 0) is 37.6 Å². The first-order valence-corrected chi connectivity index (χ1v) is 9.76. The monoisotopic (exact) mass is 347 g/mol. The number of hydrogen-bond acceptors (Lipinski definition) is 2. The maximum absolute atomic E-state index is 3.61. The molecule has 0 saturated carbocycles. The normalized spacial score (nSPS) is 17.7. The van der Waals surface area contributed by atoms with Crippen molar-refractivity contribution in [2.45, 2.75) is 26.3 Å². The second-order valence-corrected chi connectivity index (χ2v) is 7.55. The Labute approximate surface area is 156 Å². The van der Waals surface area contributed by atoms with E-state index < -0.39 is 0 Å². The van der Waals surface area contributed by atoms with Crippen molar-refractivity contribution in [3.63, 3.8) is 0 Å². The smallest absolute Gasteiger partial charge is 0.0626 e. The Morgan fingerprint density at radius 1 is 0.962 bits per heavy atom. The molecule has 1 atom stereocenters. The topological polar surface area (TPSA) is 22.3 Å². The maximum atomic E-state index is 3.61. The predicted octanol–water partition coefficient (Wildman–Crippen LogP) is 4.38. The second kappa shape index (κ2) is 7.26. The molecular weight excluding hydrogens is 318 g/mol. The van der Waals surface area contributed by atoms with E-state index in [1.165, 1.54) is 33.3 Å². The Morgan fingerprint density at radius 3 is 2.35 bits per heavy atom. The van der Waals surface area contributed by atoms with Crippen LogP contribution < -0.4 is 0 Å². The summed E-state index contributed by atoms with van der Waals surface area (Å²) in [6, 6.07) is 18.3. The molecule has 2 heterocycles. The largest absolute Gasteiger partial charge is 0.358 e. The minimum Gasteiger partial charge on any atom is -0.358 e. The molecule has 1 aliphatic rings. The molecule has 1 unspecified atom stereocenters. The molecule has 136 valence electrons. The van der Waals surface area contributed by atoms with Crippen molar-refractivity contribution in [3.05, 3.63) is 70.9 Å². The SMILES string of the molecule is CCc1ccc(C(c2c(C)[nH]c3ccccc23)N2CCN(C)CC2)cc1. The van der Waals surface area contributed by atoms with Crippen LogP contribution in [0.15, 0.2) is 48.5 Å². The van der Waals surface area contributed by atoms with E-state index in [9.17, 15) is 0 Å². The lowest BCUT2D eigenvalue weighted by Crippen LogP contribution is -2.46. The maximum Gasteiger partial charge on any atom is 0.0626 e. The number of para-hydroxylation sites is 1. The number of hydrogen-bond donors (Lipinski definition) is 1. The van der Waals surface area contributed by atoms with E-state index in [0.29, 0.717) is 6.04 Å². The van der Waals surface area contributed by atoms with Crippen LogP contribution in [0.2, 0.25) is 0 Å². The summed E-state index contributed by atoms with van der Waals surface area (Å²) in [6.45, 7) is 8.91. The number of nitrogens with one attached hydrogen (secondary N) is 1. The van der Waals surface area contributed by atoms with Crippen LogP contribution in [0, 0.1) is 6.92 Å². The number of rotatable bonds is 4. The number of aromatic nitrogens is 1. The highest BCUT2D eigenvalue weighted by atomic mass is 15.3. The lowest BCUT2D eigenvalue weighted by Gasteiger charge is -2.38. The molecule has 1 N–H and O–H groups in total. The third kappa shape index (κ3) is 3.17. The van der Waals surface area contributed by atoms with E-state index in [4.69, 9.17) is 0 Å². The first-order valence-electron chi connectivity index (χ1n) is 9.76. The molecule has 0 spiro atoms. The molecule has 3 heteroatoms. The number of piperazine rings is 1. The van der Waals surface area contributed by atoms with Crippen LogP contribution in [0.3, 0.4) is 0 Å². The van der Waals surface area contributed by atoms with Gasteiger partial charge in [-0.15, -0.1) is 0 Å². The lowest BCUT2D eigenvalue weighted by atomic mass is 9.93. The van der Waals surface area contributed by atoms with Crippen LogP contribution in [0.25, 0.3) is 10.9 Å². The van der Waals surface area contributed by atoms with E-state index in [2.05, 4.69) is 84.2 Å². The number of likely N-dealkylation sites (N-methyl/N-ethyl adjacent to an activating group) is 1. The summed E-state index contributed by atoms with van der Waals surface area (Å²) in [5, 5.41) is 1.36. The Balaban J connectivity index is 1.82. The molecular formula is C23H29N3. The number of benzene rings is 2. The van der Waals surface area contributed by atoms with Crippen molar-refractivity contribution >= 4 is 10.9 Å². The van der Waals surface area contributed by atoms with Gasteiger partial charge >= 0.3 is 0 Å². The van der Waals surface area contributed by atoms with Gasteiger partial charge in [-0.3, -0.25) is 4.90 Å². The van der Waals surface area contributed by atoms with E-state index in [1.807, 2.05) is 0 Å². The molecule has 4 rings (SSSR count). The van der Waals surface area contributed by atoms with Crippen molar-refractivity contribution < 1.29 is 0 Å². The van der Waals surface area contributed by atoms with Gasteiger partial charge in [-0.1, -0.05) is 49.4 Å². The fraction of sp³-hybridized carbons (Fsp3) is 0.391. The summed E-state index contributed by atoms with van der Waals surface area (Å²) in [6.07, 6.45) is 1.09. The van der Waals surface area contributed by atoms with Gasteiger partial charge in [0, 0.05) is 48.3 Å². The predicted molar refractivity (Wildman–Crippen MR) is 110 cm³/mol. The van der Waals surface area contributed by atoms with Crippen molar-refractivity contribution in [2.24, 2.45) is 0 Å². The van der Waals surface area contributed by atoms with Crippen molar-refractivity contribution in [1.82, 2.24) is 14.8 Å². The van der Waals surface area contributed by atoms with Gasteiger partial charge < -0.3 is 9.88 Å². The fourth-order valence-electron chi connectivity index (χ4n) is 4.23. The van der Waals surface area contributed by atoms with Gasteiger partial charge in [0.25, 0.3) is 0 Å². The zero-order chi connectivity index (χ0) is 18.1. The summed E-state index contributed by atoms with van der Waals surface area (Å²) in [5.74, 6) is 0. The number of nitrogens with zero attached hydrogens (tertiary/aromatic N) is 2. The number of aryl methyl sites for hydroxylation is 2. The van der Waals surface area contributed by atoms with Crippen LogP contribution in [0.1, 0.15) is 35.3 Å². The number of aromatic amines is 1. The molecule has 0 aliphatic carbocycles. The molecule has 2 aromatic carbocycles. The zero-order valence-corrected chi connectivity index (χ0v) is 16.1. The summed E-state index contributed by atoms with van der Waals surface area (Å²) in [7, 11) is 2.22. The van der Waals surface area contributed by atoms with Crippen LogP contribution in [0.4, 0.5) is 0 Å². The summed E-state index contributed by atoms with van der Waals surface area (Å²) in [5.41, 5.74) is 6.77. The Hall–Kier alpha value is -2.10. The Bertz CT molecular complexity index is 870. The minimum atomic E-state index is 0.311. The van der Waals surface area contributed by atoms with Crippen LogP contribution in [0.5, 0.6) is 0 Å². The first kappa shape index (κ1) is 17.3. The molecule has 0 radical (unpaired) electrons. The summed E-state index contributed by atoms with van der Waals surface area (Å²) < 4.78 is 0. The standard InChI is InChI=1S/C23H29N3/c1-4-18-9-11-19(12-10-18)23(26-15-13-25(3)14-16-26)22-17(2)24-21-8-6-5-7-20(21)22/h5-12,23-24H,4,13-16H2,1-3H3. The van der Waals surface area contributed by atoms with Gasteiger partial charge in [-0.25, -0.2) is 0 Å². The van der Waals surface area contributed by atoms with Crippen molar-refractivity contribution in [3.8, 4) is 0 Å². The fourth-order valence-corrected chi connectivity index (χ4v) is 4.23. The summed E-state index contributed by atoms with van der Waals surface area (Å²) in [4.78, 5) is 8.69. The minimum absolute atomic E-state index is 0.311. The van der Waals surface area contributed by atoms with Crippen LogP contribution in [-0.4, -0.2) is 48.0 Å². The molecule has 1 fully saturated rings. The lowest BCUT2D eigenvalue weighted by molar-refractivity contribution is 0.127. The Morgan fingerprint density at radius 2 is 1.65 bits per heavy atom. The molecule has 26 heavy (non-hydrogen) atoms. The average Bonchev–Trinajstić information content (AvgIpc) is 3.00. The third-order valence-electron chi connectivity index (χ3n) is 5.82. The van der Waals surface area contributed by atoms with Crippen molar-refractivity contribution in [1.29, 1.82) is 0 Å². The Kier molecular flexibility index (Phi) is 4.84. The van der Waals surface area contributed by atoms with E-state index in [1.54, 1.807) is 0 Å². The molecule has 3 nitrogen and oxygen atoms in total. The van der Waals surface area contributed by atoms with Crippen molar-refractivity contribution in [2.75, 3.05) is 33.2 Å². The van der Waals surface area contributed by atoms with E-state index >= 15 is 0 Å². The third-order valence-corrected chi connectivity index (χ3v) is 5.82. The van der Waals surface area contributed by atoms with Crippen LogP contribution >= 0.6 is 0 Å². The highest BCUT2D eigenvalue weighted by Crippen LogP contribution is 2.36. The van der Waals surface area contributed by atoms with E-state index in [0.717, 1.165) is 32.6 Å². The summed E-state index contributed by atoms with van der Waals surface area (Å²) >= 11 is 0. The second-order valence-electron chi connectivity index (χ2n) is 7.55. The molecule has 1 aromatic heterocycles. The van der Waals surface area contributed by atoms with Gasteiger partial charge in [0.1, 0.15) is 0 Å². The molecule has 1 aliphatic heterocycles.